The first-order chi connectivity index (χ1) is 15.7. The Morgan fingerprint density at radius 3 is 2.67 bits per heavy atom. The van der Waals surface area contributed by atoms with Crippen LogP contribution in [0.5, 0.6) is 5.75 Å². The number of ether oxygens (including phenoxy) is 1. The van der Waals surface area contributed by atoms with Crippen molar-refractivity contribution in [2.75, 3.05) is 31.1 Å². The number of sulfonamides is 1. The van der Waals surface area contributed by atoms with Crippen LogP contribution in [-0.4, -0.2) is 56.6 Å². The van der Waals surface area contributed by atoms with Crippen LogP contribution in [0.2, 0.25) is 0 Å². The molecule has 0 spiro atoms. The highest BCUT2D eigenvalue weighted by molar-refractivity contribution is 7.89. The summed E-state index contributed by atoms with van der Waals surface area (Å²) in [7, 11) is -3.76. The Labute approximate surface area is 195 Å². The van der Waals surface area contributed by atoms with Crippen molar-refractivity contribution in [3.05, 3.63) is 53.6 Å². The number of benzene rings is 2. The molecule has 1 fully saturated rings. The van der Waals surface area contributed by atoms with E-state index in [1.165, 1.54) is 10.4 Å². The second kappa shape index (κ2) is 7.95. The van der Waals surface area contributed by atoms with Crippen LogP contribution in [0, 0.1) is 12.3 Å². The van der Waals surface area contributed by atoms with Crippen LogP contribution in [0.1, 0.15) is 42.6 Å². The van der Waals surface area contributed by atoms with Crippen molar-refractivity contribution < 1.29 is 17.9 Å². The van der Waals surface area contributed by atoms with E-state index >= 15 is 0 Å². The summed E-state index contributed by atoms with van der Waals surface area (Å²) in [6, 6.07) is 12.4. The highest BCUT2D eigenvalue weighted by Gasteiger charge is 2.42. The molecule has 1 atom stereocenters. The van der Waals surface area contributed by atoms with Gasteiger partial charge in [-0.25, -0.2) is 8.42 Å². The molecule has 7 nitrogen and oxygen atoms in total. The molecule has 0 bridgehead atoms. The molecule has 174 valence electrons. The zero-order chi connectivity index (χ0) is 23.4. The van der Waals surface area contributed by atoms with Gasteiger partial charge in [-0.2, -0.15) is 4.31 Å². The van der Waals surface area contributed by atoms with Gasteiger partial charge in [0.05, 0.1) is 22.2 Å². The molecule has 0 aromatic heterocycles. The van der Waals surface area contributed by atoms with E-state index in [9.17, 15) is 13.2 Å². The lowest BCUT2D eigenvalue weighted by Crippen LogP contribution is -2.44. The number of fused-ring (bicyclic) bond motifs is 3. The molecule has 2 aromatic rings. The van der Waals surface area contributed by atoms with Crippen molar-refractivity contribution in [1.29, 1.82) is 0 Å². The maximum absolute atomic E-state index is 13.5. The van der Waals surface area contributed by atoms with Gasteiger partial charge < -0.3 is 9.64 Å². The molecule has 2 aromatic carbocycles. The number of amidine groups is 1. The number of aliphatic imine (C=N–C) groups is 1. The summed E-state index contributed by atoms with van der Waals surface area (Å²) in [5.74, 6) is 0.955. The van der Waals surface area contributed by atoms with Gasteiger partial charge in [0, 0.05) is 25.0 Å². The monoisotopic (exact) mass is 467 g/mol. The van der Waals surface area contributed by atoms with Crippen LogP contribution in [0.4, 0.5) is 5.69 Å². The standard InChI is InChI=1S/C25H29N3O4S/c1-17-6-8-19(9-7-17)32-14-18-5-4-12-28(18)33(30,31)20-10-11-22-21(13-20)23(29)24-26-15-25(2,3)16-27(22)24/h6-11,13,18H,4-5,12,14-16H2,1-3H3/t18-/m0/s1. The Balaban J connectivity index is 1.38. The van der Waals surface area contributed by atoms with E-state index in [2.05, 4.69) is 18.8 Å². The first-order valence-electron chi connectivity index (χ1n) is 11.4. The fourth-order valence-corrected chi connectivity index (χ4v) is 6.49. The highest BCUT2D eigenvalue weighted by atomic mass is 32.2. The van der Waals surface area contributed by atoms with Gasteiger partial charge in [0.1, 0.15) is 12.4 Å². The zero-order valence-corrected chi connectivity index (χ0v) is 20.1. The summed E-state index contributed by atoms with van der Waals surface area (Å²) < 4.78 is 34.5. The number of nitrogens with zero attached hydrogens (tertiary/aromatic N) is 3. The first-order valence-corrected chi connectivity index (χ1v) is 12.8. The number of rotatable bonds is 5. The molecule has 0 saturated carbocycles. The molecule has 0 aliphatic carbocycles. The van der Waals surface area contributed by atoms with Crippen LogP contribution in [-0.2, 0) is 10.0 Å². The molecule has 3 aliphatic heterocycles. The predicted molar refractivity (Wildman–Crippen MR) is 128 cm³/mol. The van der Waals surface area contributed by atoms with Gasteiger partial charge in [0.2, 0.25) is 15.8 Å². The Morgan fingerprint density at radius 2 is 1.91 bits per heavy atom. The molecule has 5 rings (SSSR count). The molecule has 3 aliphatic rings. The quantitative estimate of drug-likeness (QED) is 0.670. The minimum Gasteiger partial charge on any atom is -0.492 e. The largest absolute Gasteiger partial charge is 0.492 e. The number of carbonyl (C=O) groups is 1. The fourth-order valence-electron chi connectivity index (χ4n) is 4.79. The fraction of sp³-hybridized carbons (Fsp3) is 0.440. The normalized spacial score (nSPS) is 22.2. The lowest BCUT2D eigenvalue weighted by Gasteiger charge is -2.34. The van der Waals surface area contributed by atoms with Gasteiger partial charge in [-0.05, 0) is 50.1 Å². The van der Waals surface area contributed by atoms with Crippen molar-refractivity contribution in [1.82, 2.24) is 4.31 Å². The highest BCUT2D eigenvalue weighted by Crippen LogP contribution is 2.37. The molecule has 3 heterocycles. The van der Waals surface area contributed by atoms with E-state index in [1.807, 2.05) is 36.1 Å². The third kappa shape index (κ3) is 3.95. The number of hydrogen-bond acceptors (Lipinski definition) is 6. The Morgan fingerprint density at radius 1 is 1.15 bits per heavy atom. The minimum atomic E-state index is -3.76. The summed E-state index contributed by atoms with van der Waals surface area (Å²) in [5.41, 5.74) is 2.26. The van der Waals surface area contributed by atoms with Crippen LogP contribution in [0.15, 0.2) is 52.4 Å². The van der Waals surface area contributed by atoms with Gasteiger partial charge in [0.25, 0.3) is 0 Å². The Kier molecular flexibility index (Phi) is 5.33. The lowest BCUT2D eigenvalue weighted by molar-refractivity contribution is 0.106. The number of hydrogen-bond donors (Lipinski definition) is 0. The molecular formula is C25H29N3O4S. The molecule has 0 radical (unpaired) electrons. The second-order valence-electron chi connectivity index (χ2n) is 9.93. The van der Waals surface area contributed by atoms with E-state index in [1.54, 1.807) is 12.1 Å². The maximum atomic E-state index is 13.5. The molecular weight excluding hydrogens is 438 g/mol. The van der Waals surface area contributed by atoms with Crippen molar-refractivity contribution in [3.8, 4) is 5.75 Å². The SMILES string of the molecule is Cc1ccc(OC[C@@H]2CCCN2S(=O)(=O)c2ccc3c(c2)C(=O)C2=NCC(C)(C)CN23)cc1. The Hall–Kier alpha value is -2.71. The van der Waals surface area contributed by atoms with E-state index < -0.39 is 10.0 Å². The first kappa shape index (κ1) is 22.1. The van der Waals surface area contributed by atoms with Crippen LogP contribution >= 0.6 is 0 Å². The molecule has 8 heteroatoms. The third-order valence-electron chi connectivity index (χ3n) is 6.60. The van der Waals surface area contributed by atoms with E-state index in [0.717, 1.165) is 29.8 Å². The average Bonchev–Trinajstić information content (AvgIpc) is 3.36. The van der Waals surface area contributed by atoms with Crippen LogP contribution in [0.25, 0.3) is 0 Å². The molecule has 0 N–H and O–H groups in total. The van der Waals surface area contributed by atoms with Crippen LogP contribution in [0.3, 0.4) is 0 Å². The number of aryl methyl sites for hydroxylation is 1. The Bertz CT molecular complexity index is 1230. The maximum Gasteiger partial charge on any atom is 0.243 e. The zero-order valence-electron chi connectivity index (χ0n) is 19.2. The average molecular weight is 468 g/mol. The summed E-state index contributed by atoms with van der Waals surface area (Å²) in [6.45, 7) is 8.24. The van der Waals surface area contributed by atoms with Crippen molar-refractivity contribution >= 4 is 27.3 Å². The van der Waals surface area contributed by atoms with Crippen LogP contribution < -0.4 is 9.64 Å². The third-order valence-corrected chi connectivity index (χ3v) is 8.55. The summed E-state index contributed by atoms with van der Waals surface area (Å²) in [4.78, 5) is 19.6. The summed E-state index contributed by atoms with van der Waals surface area (Å²) >= 11 is 0. The van der Waals surface area contributed by atoms with Crippen molar-refractivity contribution in [2.45, 2.75) is 44.6 Å². The summed E-state index contributed by atoms with van der Waals surface area (Å²) in [5, 5.41) is 0. The smallest absolute Gasteiger partial charge is 0.243 e. The van der Waals surface area contributed by atoms with E-state index in [4.69, 9.17) is 4.74 Å². The van der Waals surface area contributed by atoms with Gasteiger partial charge >= 0.3 is 0 Å². The molecule has 0 unspecified atom stereocenters. The lowest BCUT2D eigenvalue weighted by atomic mass is 9.91. The van der Waals surface area contributed by atoms with Crippen molar-refractivity contribution in [2.24, 2.45) is 10.4 Å². The predicted octanol–water partition coefficient (Wildman–Crippen LogP) is 3.67. The summed E-state index contributed by atoms with van der Waals surface area (Å²) in [6.07, 6.45) is 1.53. The number of anilines is 1. The molecule has 1 saturated heterocycles. The van der Waals surface area contributed by atoms with Gasteiger partial charge in [0.15, 0.2) is 5.84 Å². The van der Waals surface area contributed by atoms with Gasteiger partial charge in [-0.3, -0.25) is 9.79 Å². The van der Waals surface area contributed by atoms with E-state index in [-0.39, 0.29) is 22.1 Å². The number of ketones is 1. The molecule has 33 heavy (non-hydrogen) atoms. The van der Waals surface area contributed by atoms with Crippen molar-refractivity contribution in [3.63, 3.8) is 0 Å². The molecule has 0 amide bonds. The number of carbonyl (C=O) groups excluding carboxylic acids is 1. The van der Waals surface area contributed by atoms with Gasteiger partial charge in [-0.15, -0.1) is 0 Å². The second-order valence-corrected chi connectivity index (χ2v) is 11.8. The van der Waals surface area contributed by atoms with E-state index in [0.29, 0.717) is 37.6 Å². The minimum absolute atomic E-state index is 0.0453. The topological polar surface area (TPSA) is 79.3 Å². The van der Waals surface area contributed by atoms with Gasteiger partial charge in [-0.1, -0.05) is 31.5 Å². The number of Topliss-reactive ketones (excluding diaryl/α,β-unsaturated/α-hetero) is 1.